The van der Waals surface area contributed by atoms with Crippen LogP contribution in [-0.2, 0) is 23.7 Å². The van der Waals surface area contributed by atoms with Gasteiger partial charge in [-0.1, -0.05) is 60.7 Å². The molecule has 2 unspecified atom stereocenters. The van der Waals surface area contributed by atoms with Gasteiger partial charge in [0.1, 0.15) is 24.9 Å². The molecule has 3 saturated heterocycles. The number of hydrogen-bond acceptors (Lipinski definition) is 7. The molecule has 2 aromatic carbocycles. The van der Waals surface area contributed by atoms with Crippen LogP contribution in [0, 0.1) is 0 Å². The van der Waals surface area contributed by atoms with Crippen molar-refractivity contribution in [2.75, 3.05) is 19.8 Å². The quantitative estimate of drug-likeness (QED) is 0.797. The second kappa shape index (κ2) is 8.89. The SMILES string of the molecule is CCO.O[C@]12COC(c3ccccc3)O[C@@H]1[C@H]1OC(c3ccccc3)OC[C@H]1O2. The molecular weight excluding hydrogens is 376 g/mol. The highest BCUT2D eigenvalue weighted by Crippen LogP contribution is 2.45. The van der Waals surface area contributed by atoms with Gasteiger partial charge in [-0.2, -0.15) is 0 Å². The van der Waals surface area contributed by atoms with Gasteiger partial charge in [0.25, 0.3) is 0 Å². The molecule has 3 aliphatic heterocycles. The first-order valence-corrected chi connectivity index (χ1v) is 9.79. The minimum atomic E-state index is -1.53. The Kier molecular flexibility index (Phi) is 6.26. The molecule has 2 N–H and O–H groups in total. The molecular formula is C22H26O7. The normalized spacial score (nSPS) is 35.8. The molecule has 2 aromatic rings. The zero-order chi connectivity index (χ0) is 20.3. The Bertz CT molecular complexity index is 771. The Morgan fingerprint density at radius 1 is 0.897 bits per heavy atom. The number of benzene rings is 2. The van der Waals surface area contributed by atoms with Crippen LogP contribution >= 0.6 is 0 Å². The standard InChI is InChI=1S/C20H20O6.C2H6O/c21-20-12-23-19(14-9-5-2-6-10-14)25-17(20)16-15(26-20)11-22-18(24-16)13-7-3-1-4-8-13;1-2-3/h1-10,15-19,21H,11-12H2;3H,2H2,1H3/t15-,16+,17-,18?,19?,20+;/m1./s1. The van der Waals surface area contributed by atoms with Crippen molar-refractivity contribution in [2.24, 2.45) is 0 Å². The minimum absolute atomic E-state index is 0.0175. The van der Waals surface area contributed by atoms with E-state index in [2.05, 4.69) is 0 Å². The molecule has 29 heavy (non-hydrogen) atoms. The first-order valence-electron chi connectivity index (χ1n) is 9.79. The molecule has 3 fully saturated rings. The van der Waals surface area contributed by atoms with Crippen LogP contribution in [0.25, 0.3) is 0 Å². The highest BCUT2D eigenvalue weighted by molar-refractivity contribution is 5.18. The molecule has 0 amide bonds. The molecule has 3 heterocycles. The topological polar surface area (TPSA) is 86.6 Å². The van der Waals surface area contributed by atoms with E-state index in [9.17, 15) is 5.11 Å². The van der Waals surface area contributed by atoms with Crippen molar-refractivity contribution in [3.05, 3.63) is 71.8 Å². The third kappa shape index (κ3) is 4.22. The van der Waals surface area contributed by atoms with Crippen molar-refractivity contribution >= 4 is 0 Å². The van der Waals surface area contributed by atoms with E-state index in [-0.39, 0.29) is 13.2 Å². The Morgan fingerprint density at radius 2 is 1.45 bits per heavy atom. The molecule has 156 valence electrons. The summed E-state index contributed by atoms with van der Waals surface area (Å²) in [6, 6.07) is 19.4. The van der Waals surface area contributed by atoms with Crippen LogP contribution in [0.4, 0.5) is 0 Å². The largest absolute Gasteiger partial charge is 0.397 e. The van der Waals surface area contributed by atoms with Gasteiger partial charge < -0.3 is 33.9 Å². The average molecular weight is 402 g/mol. The van der Waals surface area contributed by atoms with Gasteiger partial charge in [-0.15, -0.1) is 0 Å². The highest BCUT2D eigenvalue weighted by atomic mass is 16.8. The second-order valence-electron chi connectivity index (χ2n) is 7.10. The van der Waals surface area contributed by atoms with Gasteiger partial charge in [-0.05, 0) is 6.92 Å². The van der Waals surface area contributed by atoms with Crippen molar-refractivity contribution in [3.8, 4) is 0 Å². The molecule has 0 aromatic heterocycles. The van der Waals surface area contributed by atoms with E-state index in [1.807, 2.05) is 60.7 Å². The Morgan fingerprint density at radius 3 is 2.03 bits per heavy atom. The molecule has 0 radical (unpaired) electrons. The predicted molar refractivity (Wildman–Crippen MR) is 103 cm³/mol. The van der Waals surface area contributed by atoms with E-state index in [1.54, 1.807) is 6.92 Å². The van der Waals surface area contributed by atoms with E-state index in [0.29, 0.717) is 6.61 Å². The number of aliphatic hydroxyl groups is 2. The first kappa shape index (κ1) is 20.4. The number of hydrogen-bond donors (Lipinski definition) is 2. The van der Waals surface area contributed by atoms with Crippen LogP contribution in [0.2, 0.25) is 0 Å². The van der Waals surface area contributed by atoms with E-state index in [0.717, 1.165) is 11.1 Å². The third-order valence-electron chi connectivity index (χ3n) is 5.01. The number of ether oxygens (including phenoxy) is 5. The molecule has 7 heteroatoms. The average Bonchev–Trinajstić information content (AvgIpc) is 3.06. The summed E-state index contributed by atoms with van der Waals surface area (Å²) in [7, 11) is 0. The minimum Gasteiger partial charge on any atom is -0.397 e. The smallest absolute Gasteiger partial charge is 0.219 e. The van der Waals surface area contributed by atoms with Crippen LogP contribution in [0.5, 0.6) is 0 Å². The lowest BCUT2D eigenvalue weighted by Gasteiger charge is -2.39. The Hall–Kier alpha value is -1.84. The van der Waals surface area contributed by atoms with Gasteiger partial charge in [0, 0.05) is 17.7 Å². The van der Waals surface area contributed by atoms with Crippen molar-refractivity contribution in [1.82, 2.24) is 0 Å². The van der Waals surface area contributed by atoms with Crippen LogP contribution in [-0.4, -0.2) is 54.1 Å². The summed E-state index contributed by atoms with van der Waals surface area (Å²) in [5, 5.41) is 18.4. The fourth-order valence-electron chi connectivity index (χ4n) is 3.74. The van der Waals surface area contributed by atoms with E-state index in [1.165, 1.54) is 0 Å². The maximum atomic E-state index is 10.9. The fourth-order valence-corrected chi connectivity index (χ4v) is 3.74. The lowest BCUT2D eigenvalue weighted by atomic mass is 10.0. The zero-order valence-corrected chi connectivity index (χ0v) is 16.2. The Labute approximate surface area is 169 Å². The molecule has 6 atom stereocenters. The van der Waals surface area contributed by atoms with Crippen LogP contribution in [0.15, 0.2) is 60.7 Å². The van der Waals surface area contributed by atoms with Gasteiger partial charge in [0.2, 0.25) is 5.79 Å². The number of aliphatic hydroxyl groups excluding tert-OH is 1. The maximum Gasteiger partial charge on any atom is 0.219 e. The maximum absolute atomic E-state index is 10.9. The molecule has 3 aliphatic rings. The van der Waals surface area contributed by atoms with Crippen LogP contribution in [0.1, 0.15) is 30.6 Å². The van der Waals surface area contributed by atoms with E-state index < -0.39 is 36.7 Å². The summed E-state index contributed by atoms with van der Waals surface area (Å²) in [5.41, 5.74) is 1.82. The molecule has 7 nitrogen and oxygen atoms in total. The van der Waals surface area contributed by atoms with Crippen molar-refractivity contribution in [1.29, 1.82) is 0 Å². The molecule has 0 aliphatic carbocycles. The van der Waals surface area contributed by atoms with Gasteiger partial charge >= 0.3 is 0 Å². The van der Waals surface area contributed by atoms with Crippen LogP contribution < -0.4 is 0 Å². The second-order valence-corrected chi connectivity index (χ2v) is 7.10. The van der Waals surface area contributed by atoms with E-state index >= 15 is 0 Å². The monoisotopic (exact) mass is 402 g/mol. The number of rotatable bonds is 2. The van der Waals surface area contributed by atoms with Crippen LogP contribution in [0.3, 0.4) is 0 Å². The summed E-state index contributed by atoms with van der Waals surface area (Å²) in [5.74, 6) is -1.53. The van der Waals surface area contributed by atoms with Crippen molar-refractivity contribution in [2.45, 2.75) is 43.6 Å². The van der Waals surface area contributed by atoms with Gasteiger partial charge in [-0.3, -0.25) is 0 Å². The molecule has 0 saturated carbocycles. The van der Waals surface area contributed by atoms with Gasteiger partial charge in [0.05, 0.1) is 6.61 Å². The van der Waals surface area contributed by atoms with Gasteiger partial charge in [0.15, 0.2) is 12.6 Å². The van der Waals surface area contributed by atoms with Gasteiger partial charge in [-0.25, -0.2) is 0 Å². The lowest BCUT2D eigenvalue weighted by Crippen LogP contribution is -2.54. The zero-order valence-electron chi connectivity index (χ0n) is 16.2. The summed E-state index contributed by atoms with van der Waals surface area (Å²) < 4.78 is 29.5. The predicted octanol–water partition coefficient (Wildman–Crippen LogP) is 2.30. The van der Waals surface area contributed by atoms with Crippen molar-refractivity contribution in [3.63, 3.8) is 0 Å². The molecule has 0 spiro atoms. The molecule has 5 rings (SSSR count). The summed E-state index contributed by atoms with van der Waals surface area (Å²) in [6.45, 7) is 2.27. The molecule has 0 bridgehead atoms. The number of fused-ring (bicyclic) bond motifs is 3. The summed E-state index contributed by atoms with van der Waals surface area (Å²) >= 11 is 0. The third-order valence-corrected chi connectivity index (χ3v) is 5.01. The van der Waals surface area contributed by atoms with E-state index in [4.69, 9.17) is 28.8 Å². The highest BCUT2D eigenvalue weighted by Gasteiger charge is 2.61. The van der Waals surface area contributed by atoms with Crippen molar-refractivity contribution < 1.29 is 33.9 Å². The Balaban J connectivity index is 0.000000645. The lowest BCUT2D eigenvalue weighted by molar-refractivity contribution is -0.351. The first-order chi connectivity index (χ1) is 14.1. The summed E-state index contributed by atoms with van der Waals surface area (Å²) in [6.07, 6.45) is -2.56. The fraction of sp³-hybridized carbons (Fsp3) is 0.455. The summed E-state index contributed by atoms with van der Waals surface area (Å²) in [4.78, 5) is 0.